The van der Waals surface area contributed by atoms with E-state index >= 15 is 0 Å². The van der Waals surface area contributed by atoms with Crippen molar-refractivity contribution in [2.75, 3.05) is 14.1 Å². The van der Waals surface area contributed by atoms with E-state index in [1.165, 1.54) is 0 Å². The molecule has 22 heavy (non-hydrogen) atoms. The minimum Gasteiger partial charge on any atom is -0.383 e. The van der Waals surface area contributed by atoms with E-state index in [4.69, 9.17) is 28.6 Å². The molecular formula is C16H15Cl2N3O. The van der Waals surface area contributed by atoms with Gasteiger partial charge < -0.3 is 10.6 Å². The van der Waals surface area contributed by atoms with Gasteiger partial charge >= 0.3 is 0 Å². The maximum Gasteiger partial charge on any atom is 0.267 e. The second kappa shape index (κ2) is 6.81. The maximum atomic E-state index is 11.9. The Morgan fingerprint density at radius 3 is 2.50 bits per heavy atom. The first-order valence-corrected chi connectivity index (χ1v) is 7.32. The Balaban J connectivity index is 2.51. The first kappa shape index (κ1) is 16.3. The standard InChI is InChI=1S/C16H15Cl2N3O/c1-20-15(16(22)21-2)12-5-3-4-11(14(12)19)10-7-6-9(17)8-13(10)18/h3-8,19-20H,1-2H3,(H,21,22)/b15-12-,19-14?. The number of amides is 1. The predicted molar refractivity (Wildman–Crippen MR) is 91.5 cm³/mol. The summed E-state index contributed by atoms with van der Waals surface area (Å²) in [4.78, 5) is 11.9. The number of carbonyl (C=O) groups excluding carboxylic acids is 1. The quantitative estimate of drug-likeness (QED) is 0.742. The summed E-state index contributed by atoms with van der Waals surface area (Å²) in [5, 5.41) is 14.8. The van der Waals surface area contributed by atoms with Crippen LogP contribution in [0, 0.1) is 5.41 Å². The van der Waals surface area contributed by atoms with Gasteiger partial charge in [-0.2, -0.15) is 0 Å². The highest BCUT2D eigenvalue weighted by Crippen LogP contribution is 2.31. The molecule has 0 saturated heterocycles. The van der Waals surface area contributed by atoms with Crippen molar-refractivity contribution in [3.8, 4) is 0 Å². The zero-order valence-corrected chi connectivity index (χ0v) is 13.6. The fourth-order valence-corrected chi connectivity index (χ4v) is 2.70. The first-order chi connectivity index (χ1) is 10.5. The average molecular weight is 336 g/mol. The minimum atomic E-state index is -0.282. The molecule has 3 N–H and O–H groups in total. The Kier molecular flexibility index (Phi) is 5.06. The number of halogens is 2. The molecule has 0 fully saturated rings. The summed E-state index contributed by atoms with van der Waals surface area (Å²) in [7, 11) is 3.19. The molecule has 1 aliphatic carbocycles. The smallest absolute Gasteiger partial charge is 0.267 e. The molecule has 0 spiro atoms. The van der Waals surface area contributed by atoms with Gasteiger partial charge in [-0.3, -0.25) is 10.2 Å². The Labute approximate surface area is 139 Å². The molecule has 4 nitrogen and oxygen atoms in total. The van der Waals surface area contributed by atoms with Crippen molar-refractivity contribution in [1.82, 2.24) is 10.6 Å². The van der Waals surface area contributed by atoms with Crippen LogP contribution in [0.25, 0.3) is 5.57 Å². The van der Waals surface area contributed by atoms with Gasteiger partial charge in [0.05, 0.1) is 5.71 Å². The molecule has 0 bridgehead atoms. The second-order valence-corrected chi connectivity index (χ2v) is 5.40. The van der Waals surface area contributed by atoms with Gasteiger partial charge in [0.1, 0.15) is 5.70 Å². The third-order valence-electron chi connectivity index (χ3n) is 3.26. The van der Waals surface area contributed by atoms with E-state index in [-0.39, 0.29) is 11.6 Å². The lowest BCUT2D eigenvalue weighted by Gasteiger charge is -2.18. The summed E-state index contributed by atoms with van der Waals surface area (Å²) in [6.45, 7) is 0. The van der Waals surface area contributed by atoms with Crippen LogP contribution in [-0.2, 0) is 4.79 Å². The second-order valence-electron chi connectivity index (χ2n) is 4.56. The molecule has 0 aromatic heterocycles. The van der Waals surface area contributed by atoms with E-state index in [1.54, 1.807) is 50.5 Å². The number of hydrogen-bond acceptors (Lipinski definition) is 3. The van der Waals surface area contributed by atoms with Gasteiger partial charge in [-0.15, -0.1) is 0 Å². The van der Waals surface area contributed by atoms with Crippen molar-refractivity contribution >= 4 is 40.4 Å². The molecule has 2 rings (SSSR count). The topological polar surface area (TPSA) is 65.0 Å². The zero-order chi connectivity index (χ0) is 16.3. The van der Waals surface area contributed by atoms with E-state index < -0.39 is 0 Å². The lowest BCUT2D eigenvalue weighted by molar-refractivity contribution is -0.117. The Morgan fingerprint density at radius 1 is 1.18 bits per heavy atom. The van der Waals surface area contributed by atoms with E-state index in [9.17, 15) is 4.79 Å². The summed E-state index contributed by atoms with van der Waals surface area (Å²) in [6, 6.07) is 5.11. The normalized spacial score (nSPS) is 16.2. The fourth-order valence-electron chi connectivity index (χ4n) is 2.19. The van der Waals surface area contributed by atoms with Gasteiger partial charge in [0.25, 0.3) is 5.91 Å². The Morgan fingerprint density at radius 2 is 1.91 bits per heavy atom. The average Bonchev–Trinajstić information content (AvgIpc) is 2.50. The minimum absolute atomic E-state index is 0.222. The lowest BCUT2D eigenvalue weighted by atomic mass is 9.90. The van der Waals surface area contributed by atoms with Gasteiger partial charge in [0, 0.05) is 40.9 Å². The van der Waals surface area contributed by atoms with Crippen LogP contribution in [0.3, 0.4) is 0 Å². The third-order valence-corrected chi connectivity index (χ3v) is 3.81. The number of carbonyl (C=O) groups is 1. The van der Waals surface area contributed by atoms with Crippen LogP contribution in [0.4, 0.5) is 0 Å². The van der Waals surface area contributed by atoms with Gasteiger partial charge in [-0.1, -0.05) is 47.5 Å². The summed E-state index contributed by atoms with van der Waals surface area (Å²) in [5.74, 6) is -0.282. The fraction of sp³-hybridized carbons (Fsp3) is 0.125. The van der Waals surface area contributed by atoms with Crippen LogP contribution in [-0.4, -0.2) is 25.7 Å². The Hall–Kier alpha value is -2.04. The van der Waals surface area contributed by atoms with Crippen molar-refractivity contribution in [2.24, 2.45) is 0 Å². The van der Waals surface area contributed by atoms with Gasteiger partial charge in [0.15, 0.2) is 0 Å². The maximum absolute atomic E-state index is 11.9. The molecule has 0 saturated carbocycles. The van der Waals surface area contributed by atoms with Crippen LogP contribution in [0.15, 0.2) is 47.7 Å². The predicted octanol–water partition coefficient (Wildman–Crippen LogP) is 3.19. The Bertz CT molecular complexity index is 733. The molecule has 0 atom stereocenters. The zero-order valence-electron chi connectivity index (χ0n) is 12.1. The lowest BCUT2D eigenvalue weighted by Crippen LogP contribution is -2.30. The van der Waals surface area contributed by atoms with Gasteiger partial charge in [0.2, 0.25) is 0 Å². The monoisotopic (exact) mass is 335 g/mol. The summed E-state index contributed by atoms with van der Waals surface area (Å²) in [5.41, 5.74) is 2.39. The highest BCUT2D eigenvalue weighted by Gasteiger charge is 2.21. The molecule has 1 aromatic carbocycles. The molecular weight excluding hydrogens is 321 g/mol. The van der Waals surface area contributed by atoms with Crippen LogP contribution >= 0.6 is 23.2 Å². The van der Waals surface area contributed by atoms with Crippen LogP contribution in [0.1, 0.15) is 5.56 Å². The van der Waals surface area contributed by atoms with Gasteiger partial charge in [-0.05, 0) is 12.1 Å². The first-order valence-electron chi connectivity index (χ1n) is 6.56. The molecule has 0 unspecified atom stereocenters. The van der Waals surface area contributed by atoms with E-state index in [0.717, 1.165) is 0 Å². The molecule has 6 heteroatoms. The number of rotatable bonds is 3. The van der Waals surface area contributed by atoms with E-state index in [2.05, 4.69) is 10.6 Å². The van der Waals surface area contributed by atoms with Gasteiger partial charge in [-0.25, -0.2) is 0 Å². The van der Waals surface area contributed by atoms with E-state index in [1.807, 2.05) is 0 Å². The number of benzene rings is 1. The van der Waals surface area contributed by atoms with Crippen LogP contribution < -0.4 is 10.6 Å². The molecule has 0 heterocycles. The van der Waals surface area contributed by atoms with Crippen molar-refractivity contribution in [1.29, 1.82) is 5.41 Å². The van der Waals surface area contributed by atoms with Crippen LogP contribution in [0.5, 0.6) is 0 Å². The SMILES string of the molecule is CNC(=O)/C(NC)=C1\C=CC=C(c2ccc(Cl)cc2Cl)C1=N. The van der Waals surface area contributed by atoms with Crippen LogP contribution in [0.2, 0.25) is 10.0 Å². The number of likely N-dealkylation sites (N-methyl/N-ethyl adjacent to an activating group) is 2. The van der Waals surface area contributed by atoms with Crippen molar-refractivity contribution in [3.63, 3.8) is 0 Å². The summed E-state index contributed by atoms with van der Waals surface area (Å²) >= 11 is 12.1. The molecule has 1 aromatic rings. The molecule has 0 radical (unpaired) electrons. The molecule has 114 valence electrons. The summed E-state index contributed by atoms with van der Waals surface area (Å²) in [6.07, 6.45) is 5.29. The number of allylic oxidation sites excluding steroid dienone is 5. The molecule has 1 amide bonds. The number of nitrogens with one attached hydrogen (secondary N) is 3. The molecule has 0 aliphatic heterocycles. The largest absolute Gasteiger partial charge is 0.383 e. The number of hydrogen-bond donors (Lipinski definition) is 3. The third kappa shape index (κ3) is 3.08. The van der Waals surface area contributed by atoms with E-state index in [0.29, 0.717) is 32.5 Å². The van der Waals surface area contributed by atoms with Crippen molar-refractivity contribution in [2.45, 2.75) is 0 Å². The summed E-state index contributed by atoms with van der Waals surface area (Å²) < 4.78 is 0. The highest BCUT2D eigenvalue weighted by atomic mass is 35.5. The highest BCUT2D eigenvalue weighted by molar-refractivity contribution is 6.40. The van der Waals surface area contributed by atoms with Crippen molar-refractivity contribution in [3.05, 3.63) is 63.3 Å². The molecule has 1 aliphatic rings. The van der Waals surface area contributed by atoms with Crippen molar-refractivity contribution < 1.29 is 4.79 Å².